The van der Waals surface area contributed by atoms with Crippen LogP contribution in [0.1, 0.15) is 15.9 Å². The molecule has 0 aliphatic heterocycles. The van der Waals surface area contributed by atoms with Crippen LogP contribution < -0.4 is 10.2 Å². The van der Waals surface area contributed by atoms with E-state index in [1.54, 1.807) is 18.2 Å². The molecule has 2 rings (SSSR count). The summed E-state index contributed by atoms with van der Waals surface area (Å²) >= 11 is 0. The van der Waals surface area contributed by atoms with E-state index in [1.807, 2.05) is 50.2 Å². The van der Waals surface area contributed by atoms with Crippen LogP contribution in [0.3, 0.4) is 0 Å². The maximum atomic E-state index is 11.0. The Balaban J connectivity index is 2.25. The second-order valence-corrected chi connectivity index (χ2v) is 4.90. The van der Waals surface area contributed by atoms with E-state index in [0.717, 1.165) is 22.6 Å². The Labute approximate surface area is 118 Å². The standard InChI is InChI=1S/C16H18N2O2/c1-11-4-5-12(16(19)20)10-15(11)17-13-6-8-14(9-7-13)18(2)3/h4-10,17H,1-3H3,(H,19,20). The summed E-state index contributed by atoms with van der Waals surface area (Å²) < 4.78 is 0. The van der Waals surface area contributed by atoms with E-state index in [0.29, 0.717) is 0 Å². The van der Waals surface area contributed by atoms with Crippen LogP contribution in [0.2, 0.25) is 0 Å². The molecule has 0 heterocycles. The number of rotatable bonds is 4. The summed E-state index contributed by atoms with van der Waals surface area (Å²) in [6, 6.07) is 13.0. The molecule has 2 aromatic carbocycles. The van der Waals surface area contributed by atoms with Gasteiger partial charge in [0.1, 0.15) is 0 Å². The fraction of sp³-hybridized carbons (Fsp3) is 0.188. The minimum absolute atomic E-state index is 0.281. The van der Waals surface area contributed by atoms with E-state index in [4.69, 9.17) is 5.11 Å². The van der Waals surface area contributed by atoms with Gasteiger partial charge in [0.2, 0.25) is 0 Å². The van der Waals surface area contributed by atoms with Gasteiger partial charge in [0.15, 0.2) is 0 Å². The normalized spacial score (nSPS) is 10.2. The molecule has 0 bridgehead atoms. The Morgan fingerprint density at radius 1 is 1.10 bits per heavy atom. The zero-order valence-electron chi connectivity index (χ0n) is 11.8. The second kappa shape index (κ2) is 5.65. The molecule has 0 saturated carbocycles. The Kier molecular flexibility index (Phi) is 3.94. The van der Waals surface area contributed by atoms with Gasteiger partial charge in [-0.1, -0.05) is 6.07 Å². The smallest absolute Gasteiger partial charge is 0.335 e. The van der Waals surface area contributed by atoms with Crippen molar-refractivity contribution in [2.45, 2.75) is 6.92 Å². The summed E-state index contributed by atoms with van der Waals surface area (Å²) in [6.45, 7) is 1.95. The fourth-order valence-electron chi connectivity index (χ4n) is 1.89. The molecular formula is C16H18N2O2. The van der Waals surface area contributed by atoms with Gasteiger partial charge in [0.05, 0.1) is 5.56 Å². The van der Waals surface area contributed by atoms with Crippen molar-refractivity contribution in [3.8, 4) is 0 Å². The minimum Gasteiger partial charge on any atom is -0.478 e. The number of carboxylic acids is 1. The summed E-state index contributed by atoms with van der Waals surface area (Å²) in [5.74, 6) is -0.920. The van der Waals surface area contributed by atoms with E-state index in [9.17, 15) is 4.79 Å². The van der Waals surface area contributed by atoms with Crippen LogP contribution in [0.4, 0.5) is 17.1 Å². The summed E-state index contributed by atoms with van der Waals surface area (Å²) in [6.07, 6.45) is 0. The van der Waals surface area contributed by atoms with Gasteiger partial charge in [0.25, 0.3) is 0 Å². The molecule has 0 aliphatic rings. The Hall–Kier alpha value is -2.49. The number of hydrogen-bond acceptors (Lipinski definition) is 3. The molecule has 0 spiro atoms. The molecule has 2 N–H and O–H groups in total. The lowest BCUT2D eigenvalue weighted by molar-refractivity contribution is 0.0697. The SMILES string of the molecule is Cc1ccc(C(=O)O)cc1Nc1ccc(N(C)C)cc1. The molecule has 4 nitrogen and oxygen atoms in total. The van der Waals surface area contributed by atoms with Crippen molar-refractivity contribution in [3.05, 3.63) is 53.6 Å². The van der Waals surface area contributed by atoms with Gasteiger partial charge in [-0.25, -0.2) is 4.79 Å². The van der Waals surface area contributed by atoms with E-state index >= 15 is 0 Å². The molecule has 0 fully saturated rings. The molecule has 4 heteroatoms. The third-order valence-electron chi connectivity index (χ3n) is 3.15. The molecule has 0 aliphatic carbocycles. The molecule has 0 amide bonds. The van der Waals surface area contributed by atoms with Crippen LogP contribution in [0.5, 0.6) is 0 Å². The average Bonchev–Trinajstić information content (AvgIpc) is 2.41. The molecule has 0 atom stereocenters. The summed E-state index contributed by atoms with van der Waals surface area (Å²) in [4.78, 5) is 13.0. The predicted octanol–water partition coefficient (Wildman–Crippen LogP) is 3.50. The molecule has 0 radical (unpaired) electrons. The number of anilines is 3. The largest absolute Gasteiger partial charge is 0.478 e. The van der Waals surface area contributed by atoms with Gasteiger partial charge in [-0.15, -0.1) is 0 Å². The molecule has 104 valence electrons. The van der Waals surface area contributed by atoms with Crippen molar-refractivity contribution < 1.29 is 9.90 Å². The summed E-state index contributed by atoms with van der Waals surface area (Å²) in [5, 5.41) is 12.3. The third-order valence-corrected chi connectivity index (χ3v) is 3.15. The van der Waals surface area contributed by atoms with Crippen molar-refractivity contribution >= 4 is 23.0 Å². The first-order chi connectivity index (χ1) is 9.47. The second-order valence-electron chi connectivity index (χ2n) is 4.90. The number of nitrogens with one attached hydrogen (secondary N) is 1. The number of carbonyl (C=O) groups is 1. The number of carboxylic acid groups (broad SMARTS) is 1. The molecule has 0 aromatic heterocycles. The van der Waals surface area contributed by atoms with Crippen LogP contribution >= 0.6 is 0 Å². The third kappa shape index (κ3) is 3.09. The minimum atomic E-state index is -0.920. The quantitative estimate of drug-likeness (QED) is 0.892. The van der Waals surface area contributed by atoms with Crippen LogP contribution in [0.15, 0.2) is 42.5 Å². The number of hydrogen-bond donors (Lipinski definition) is 2. The lowest BCUT2D eigenvalue weighted by Crippen LogP contribution is -2.08. The molecule has 0 unspecified atom stereocenters. The topological polar surface area (TPSA) is 52.6 Å². The molecule has 2 aromatic rings. The zero-order valence-corrected chi connectivity index (χ0v) is 11.8. The lowest BCUT2D eigenvalue weighted by Gasteiger charge is -2.14. The van der Waals surface area contributed by atoms with Gasteiger partial charge in [-0.3, -0.25) is 0 Å². The van der Waals surface area contributed by atoms with Gasteiger partial charge < -0.3 is 15.3 Å². The molecule has 0 saturated heterocycles. The van der Waals surface area contributed by atoms with E-state index in [1.165, 1.54) is 0 Å². The van der Waals surface area contributed by atoms with E-state index in [2.05, 4.69) is 5.32 Å². The first-order valence-corrected chi connectivity index (χ1v) is 6.36. The molecular weight excluding hydrogens is 252 g/mol. The van der Waals surface area contributed by atoms with Crippen LogP contribution in [0, 0.1) is 6.92 Å². The first kappa shape index (κ1) is 13.9. The predicted molar refractivity (Wildman–Crippen MR) is 82.2 cm³/mol. The highest BCUT2D eigenvalue weighted by Gasteiger charge is 2.06. The van der Waals surface area contributed by atoms with Gasteiger partial charge >= 0.3 is 5.97 Å². The maximum absolute atomic E-state index is 11.0. The van der Waals surface area contributed by atoms with E-state index in [-0.39, 0.29) is 5.56 Å². The lowest BCUT2D eigenvalue weighted by atomic mass is 10.1. The van der Waals surface area contributed by atoms with Crippen LogP contribution in [0.25, 0.3) is 0 Å². The zero-order chi connectivity index (χ0) is 14.7. The summed E-state index contributed by atoms with van der Waals surface area (Å²) in [7, 11) is 3.98. The highest BCUT2D eigenvalue weighted by molar-refractivity contribution is 5.89. The molecule has 20 heavy (non-hydrogen) atoms. The number of nitrogens with zero attached hydrogens (tertiary/aromatic N) is 1. The Morgan fingerprint density at radius 2 is 1.75 bits per heavy atom. The highest BCUT2D eigenvalue weighted by Crippen LogP contribution is 2.23. The van der Waals surface area contributed by atoms with Crippen molar-refractivity contribution in [2.24, 2.45) is 0 Å². The van der Waals surface area contributed by atoms with Gasteiger partial charge in [0, 0.05) is 31.2 Å². The Morgan fingerprint density at radius 3 is 2.30 bits per heavy atom. The van der Waals surface area contributed by atoms with Crippen molar-refractivity contribution in [1.29, 1.82) is 0 Å². The van der Waals surface area contributed by atoms with Crippen molar-refractivity contribution in [1.82, 2.24) is 0 Å². The van der Waals surface area contributed by atoms with Gasteiger partial charge in [-0.2, -0.15) is 0 Å². The van der Waals surface area contributed by atoms with Crippen molar-refractivity contribution in [3.63, 3.8) is 0 Å². The Bertz CT molecular complexity index is 619. The van der Waals surface area contributed by atoms with Crippen molar-refractivity contribution in [2.75, 3.05) is 24.3 Å². The van der Waals surface area contributed by atoms with Crippen LogP contribution in [-0.2, 0) is 0 Å². The monoisotopic (exact) mass is 270 g/mol. The summed E-state index contributed by atoms with van der Waals surface area (Å²) in [5.41, 5.74) is 4.14. The number of aryl methyl sites for hydroxylation is 1. The number of aromatic carboxylic acids is 1. The first-order valence-electron chi connectivity index (χ1n) is 6.36. The van der Waals surface area contributed by atoms with Gasteiger partial charge in [-0.05, 0) is 48.9 Å². The average molecular weight is 270 g/mol. The fourth-order valence-corrected chi connectivity index (χ4v) is 1.89. The maximum Gasteiger partial charge on any atom is 0.335 e. The van der Waals surface area contributed by atoms with Crippen LogP contribution in [-0.4, -0.2) is 25.2 Å². The number of benzene rings is 2. The van der Waals surface area contributed by atoms with E-state index < -0.39 is 5.97 Å². The highest BCUT2D eigenvalue weighted by atomic mass is 16.4.